The maximum Gasteiger partial charge on any atom is 0.185 e. The Morgan fingerprint density at radius 1 is 1.09 bits per heavy atom. The average Bonchev–Trinajstić information content (AvgIpc) is 3.21. The third-order valence-electron chi connectivity index (χ3n) is 3.85. The molecule has 0 spiro atoms. The van der Waals surface area contributed by atoms with E-state index >= 15 is 0 Å². The molecular formula is C19H14N2O2. The molecule has 23 heavy (non-hydrogen) atoms. The molecular weight excluding hydrogens is 288 g/mol. The second kappa shape index (κ2) is 5.25. The number of aldehydes is 1. The van der Waals surface area contributed by atoms with Gasteiger partial charge in [-0.1, -0.05) is 12.1 Å². The zero-order valence-corrected chi connectivity index (χ0v) is 12.6. The summed E-state index contributed by atoms with van der Waals surface area (Å²) in [5.74, 6) is 0.990. The van der Waals surface area contributed by atoms with Crippen molar-refractivity contribution in [2.24, 2.45) is 0 Å². The van der Waals surface area contributed by atoms with Gasteiger partial charge in [0.1, 0.15) is 12.1 Å². The second-order valence-electron chi connectivity index (χ2n) is 5.48. The van der Waals surface area contributed by atoms with Gasteiger partial charge < -0.3 is 4.42 Å². The van der Waals surface area contributed by atoms with Crippen LogP contribution in [0.3, 0.4) is 0 Å². The van der Waals surface area contributed by atoms with E-state index in [1.54, 1.807) is 12.1 Å². The van der Waals surface area contributed by atoms with E-state index in [0.29, 0.717) is 17.8 Å². The minimum atomic E-state index is 0.324. The first-order chi connectivity index (χ1) is 11.2. The van der Waals surface area contributed by atoms with Crippen molar-refractivity contribution in [1.29, 1.82) is 0 Å². The van der Waals surface area contributed by atoms with Crippen molar-refractivity contribution in [3.63, 3.8) is 0 Å². The number of aromatic nitrogens is 2. The summed E-state index contributed by atoms with van der Waals surface area (Å²) >= 11 is 0. The van der Waals surface area contributed by atoms with Gasteiger partial charge in [0.15, 0.2) is 12.0 Å². The van der Waals surface area contributed by atoms with Gasteiger partial charge in [0.2, 0.25) is 0 Å². The zero-order chi connectivity index (χ0) is 15.8. The first kappa shape index (κ1) is 13.5. The normalized spacial score (nSPS) is 11.0. The molecule has 4 heteroatoms. The summed E-state index contributed by atoms with van der Waals surface area (Å²) in [6.45, 7) is 2.07. The van der Waals surface area contributed by atoms with Gasteiger partial charge in [0.05, 0.1) is 11.0 Å². The molecule has 2 heterocycles. The summed E-state index contributed by atoms with van der Waals surface area (Å²) in [7, 11) is 0. The van der Waals surface area contributed by atoms with Crippen LogP contribution in [0.15, 0.2) is 65.3 Å². The Hall–Kier alpha value is -3.14. The molecule has 0 radical (unpaired) electrons. The van der Waals surface area contributed by atoms with Crippen molar-refractivity contribution in [3.05, 3.63) is 72.2 Å². The number of fused-ring (bicyclic) bond motifs is 1. The quantitative estimate of drug-likeness (QED) is 0.527. The monoisotopic (exact) mass is 302 g/mol. The summed E-state index contributed by atoms with van der Waals surface area (Å²) in [6, 6.07) is 17.7. The fourth-order valence-electron chi connectivity index (χ4n) is 2.72. The predicted molar refractivity (Wildman–Crippen MR) is 88.9 cm³/mol. The Morgan fingerprint density at radius 3 is 2.78 bits per heavy atom. The van der Waals surface area contributed by atoms with Crippen LogP contribution in [0.4, 0.5) is 0 Å². The number of hydrogen-bond donors (Lipinski definition) is 0. The lowest BCUT2D eigenvalue weighted by Gasteiger charge is -2.05. The highest BCUT2D eigenvalue weighted by molar-refractivity contribution is 5.83. The Balaban J connectivity index is 1.81. The highest BCUT2D eigenvalue weighted by Gasteiger charge is 2.09. The average molecular weight is 302 g/mol. The van der Waals surface area contributed by atoms with Crippen LogP contribution in [0.5, 0.6) is 0 Å². The van der Waals surface area contributed by atoms with Gasteiger partial charge in [0, 0.05) is 11.3 Å². The molecule has 0 N–H and O–H groups in total. The van der Waals surface area contributed by atoms with Crippen LogP contribution in [0.1, 0.15) is 16.1 Å². The van der Waals surface area contributed by atoms with Crippen molar-refractivity contribution in [2.75, 3.05) is 0 Å². The molecule has 0 fully saturated rings. The molecule has 0 unspecified atom stereocenters. The van der Waals surface area contributed by atoms with Crippen LogP contribution in [-0.4, -0.2) is 15.8 Å². The molecule has 2 aromatic carbocycles. The standard InChI is InChI=1S/C19H14N2O2/c1-13-3-2-4-15(9-13)21-12-20-17-10-14(5-7-18(17)21)19-8-6-16(11-22)23-19/h2-12H,1H3. The van der Waals surface area contributed by atoms with Gasteiger partial charge in [0.25, 0.3) is 0 Å². The van der Waals surface area contributed by atoms with Gasteiger partial charge in [-0.15, -0.1) is 0 Å². The van der Waals surface area contributed by atoms with Gasteiger partial charge >= 0.3 is 0 Å². The van der Waals surface area contributed by atoms with Crippen LogP contribution in [-0.2, 0) is 0 Å². The van der Waals surface area contributed by atoms with Crippen molar-refractivity contribution in [2.45, 2.75) is 6.92 Å². The maximum atomic E-state index is 10.7. The minimum absolute atomic E-state index is 0.324. The molecule has 0 bridgehead atoms. The highest BCUT2D eigenvalue weighted by Crippen LogP contribution is 2.26. The largest absolute Gasteiger partial charge is 0.453 e. The molecule has 0 saturated carbocycles. The number of carbonyl (C=O) groups excluding carboxylic acids is 1. The molecule has 0 amide bonds. The molecule has 4 rings (SSSR count). The second-order valence-corrected chi connectivity index (χ2v) is 5.48. The van der Waals surface area contributed by atoms with E-state index in [-0.39, 0.29) is 0 Å². The lowest BCUT2D eigenvalue weighted by molar-refractivity contribution is 0.110. The molecule has 4 aromatic rings. The number of furan rings is 1. The Kier molecular flexibility index (Phi) is 3.08. The van der Waals surface area contributed by atoms with E-state index in [1.165, 1.54) is 5.56 Å². The van der Waals surface area contributed by atoms with Gasteiger partial charge in [-0.2, -0.15) is 0 Å². The SMILES string of the molecule is Cc1cccc(-n2cnc3cc(-c4ccc(C=O)o4)ccc32)c1. The molecule has 0 aliphatic heterocycles. The van der Waals surface area contributed by atoms with Crippen molar-refractivity contribution in [3.8, 4) is 17.0 Å². The van der Waals surface area contributed by atoms with Crippen molar-refractivity contribution >= 4 is 17.3 Å². The lowest BCUT2D eigenvalue weighted by Crippen LogP contribution is -1.92. The van der Waals surface area contributed by atoms with Crippen molar-refractivity contribution in [1.82, 2.24) is 9.55 Å². The first-order valence-electron chi connectivity index (χ1n) is 7.34. The summed E-state index contributed by atoms with van der Waals surface area (Å²) in [4.78, 5) is 15.2. The zero-order valence-electron chi connectivity index (χ0n) is 12.6. The van der Waals surface area contributed by atoms with Crippen LogP contribution >= 0.6 is 0 Å². The lowest BCUT2D eigenvalue weighted by atomic mass is 10.1. The Morgan fingerprint density at radius 2 is 2.00 bits per heavy atom. The van der Waals surface area contributed by atoms with Crippen LogP contribution < -0.4 is 0 Å². The Bertz CT molecular complexity index is 1010. The topological polar surface area (TPSA) is 48.0 Å². The van der Waals surface area contributed by atoms with E-state index in [4.69, 9.17) is 4.42 Å². The maximum absolute atomic E-state index is 10.7. The molecule has 4 nitrogen and oxygen atoms in total. The summed E-state index contributed by atoms with van der Waals surface area (Å²) in [5, 5.41) is 0. The molecule has 0 aliphatic carbocycles. The number of imidazole rings is 1. The molecule has 0 saturated heterocycles. The number of nitrogens with zero attached hydrogens (tertiary/aromatic N) is 2. The fraction of sp³-hybridized carbons (Fsp3) is 0.0526. The van der Waals surface area contributed by atoms with E-state index in [1.807, 2.05) is 30.6 Å². The fourth-order valence-corrected chi connectivity index (χ4v) is 2.72. The summed E-state index contributed by atoms with van der Waals surface area (Å²) in [6.07, 6.45) is 2.52. The van der Waals surface area contributed by atoms with Crippen LogP contribution in [0.25, 0.3) is 28.0 Å². The Labute approximate surface area is 133 Å². The number of carbonyl (C=O) groups is 1. The number of aryl methyl sites for hydroxylation is 1. The summed E-state index contributed by atoms with van der Waals surface area (Å²) < 4.78 is 7.53. The van der Waals surface area contributed by atoms with Crippen LogP contribution in [0.2, 0.25) is 0 Å². The van der Waals surface area contributed by atoms with Crippen LogP contribution in [0, 0.1) is 6.92 Å². The van der Waals surface area contributed by atoms with Gasteiger partial charge in [-0.25, -0.2) is 4.98 Å². The number of benzene rings is 2. The molecule has 0 atom stereocenters. The highest BCUT2D eigenvalue weighted by atomic mass is 16.3. The third-order valence-corrected chi connectivity index (χ3v) is 3.85. The minimum Gasteiger partial charge on any atom is -0.453 e. The molecule has 0 aliphatic rings. The van der Waals surface area contributed by atoms with Crippen molar-refractivity contribution < 1.29 is 9.21 Å². The van der Waals surface area contributed by atoms with E-state index < -0.39 is 0 Å². The van der Waals surface area contributed by atoms with Gasteiger partial charge in [-0.3, -0.25) is 9.36 Å². The van der Waals surface area contributed by atoms with E-state index in [9.17, 15) is 4.79 Å². The first-order valence-corrected chi connectivity index (χ1v) is 7.34. The van der Waals surface area contributed by atoms with E-state index in [2.05, 4.69) is 34.7 Å². The third kappa shape index (κ3) is 2.34. The van der Waals surface area contributed by atoms with Gasteiger partial charge in [-0.05, 0) is 55.0 Å². The predicted octanol–water partition coefficient (Wildman–Crippen LogP) is 4.41. The molecule has 112 valence electrons. The molecule has 2 aromatic heterocycles. The number of hydrogen-bond acceptors (Lipinski definition) is 3. The smallest absolute Gasteiger partial charge is 0.185 e. The van der Waals surface area contributed by atoms with E-state index in [0.717, 1.165) is 22.3 Å². The summed E-state index contributed by atoms with van der Waals surface area (Å²) in [5.41, 5.74) is 5.11. The number of rotatable bonds is 3.